The predicted octanol–water partition coefficient (Wildman–Crippen LogP) is 3.44. The van der Waals surface area contributed by atoms with Crippen LogP contribution in [0.25, 0.3) is 0 Å². The first kappa shape index (κ1) is 16.1. The lowest BCUT2D eigenvalue weighted by atomic mass is 9.97. The molecule has 0 radical (unpaired) electrons. The number of hydrogen-bond acceptors (Lipinski definition) is 4. The number of thioether (sulfide) groups is 1. The molecule has 1 aliphatic carbocycles. The first-order valence-electron chi connectivity index (χ1n) is 8.08. The molecule has 1 N–H and O–H groups in total. The second-order valence-corrected chi connectivity index (χ2v) is 7.11. The average Bonchev–Trinajstić information content (AvgIpc) is 2.51. The fraction of sp³-hybridized carbons (Fsp3) is 0.444. The van der Waals surface area contributed by atoms with Gasteiger partial charge in [0, 0.05) is 11.3 Å². The van der Waals surface area contributed by atoms with E-state index in [0.717, 1.165) is 48.4 Å². The highest BCUT2D eigenvalue weighted by Crippen LogP contribution is 2.20. The van der Waals surface area contributed by atoms with E-state index < -0.39 is 0 Å². The van der Waals surface area contributed by atoms with Gasteiger partial charge in [0.15, 0.2) is 5.16 Å². The topological polar surface area (TPSA) is 55.0 Å². The van der Waals surface area contributed by atoms with Gasteiger partial charge in [0.2, 0.25) is 0 Å². The van der Waals surface area contributed by atoms with Crippen molar-refractivity contribution < 1.29 is 4.74 Å². The molecule has 4 nitrogen and oxygen atoms in total. The molecule has 1 aliphatic rings. The summed E-state index contributed by atoms with van der Waals surface area (Å²) in [4.78, 5) is 19.6. The van der Waals surface area contributed by atoms with E-state index in [9.17, 15) is 4.79 Å². The van der Waals surface area contributed by atoms with E-state index in [4.69, 9.17) is 4.74 Å². The lowest BCUT2D eigenvalue weighted by Gasteiger charge is -2.14. The van der Waals surface area contributed by atoms with E-state index in [1.165, 1.54) is 11.1 Å². The molecule has 0 fully saturated rings. The Balaban J connectivity index is 1.56. The maximum Gasteiger partial charge on any atom is 0.254 e. The van der Waals surface area contributed by atoms with E-state index in [1.54, 1.807) is 11.8 Å². The van der Waals surface area contributed by atoms with Gasteiger partial charge in [0.25, 0.3) is 5.56 Å². The van der Waals surface area contributed by atoms with Crippen molar-refractivity contribution in [3.63, 3.8) is 0 Å². The van der Waals surface area contributed by atoms with Crippen LogP contribution in [0.4, 0.5) is 0 Å². The van der Waals surface area contributed by atoms with Gasteiger partial charge in [0.1, 0.15) is 5.75 Å². The molecule has 0 amide bonds. The molecule has 5 heteroatoms. The number of rotatable bonds is 5. The summed E-state index contributed by atoms with van der Waals surface area (Å²) in [6, 6.07) is 6.21. The molecule has 1 aromatic heterocycles. The molecule has 0 bridgehead atoms. The van der Waals surface area contributed by atoms with Crippen LogP contribution in [0, 0.1) is 13.8 Å². The smallest absolute Gasteiger partial charge is 0.254 e. The molecule has 0 saturated carbocycles. The number of aryl methyl sites for hydroxylation is 3. The first-order chi connectivity index (χ1) is 11.1. The highest BCUT2D eigenvalue weighted by atomic mass is 32.2. The number of aromatic amines is 1. The number of nitrogens with zero attached hydrogens (tertiary/aromatic N) is 1. The summed E-state index contributed by atoms with van der Waals surface area (Å²) in [5.74, 6) is 1.66. The van der Waals surface area contributed by atoms with E-state index in [-0.39, 0.29) is 5.56 Å². The number of benzene rings is 1. The fourth-order valence-electron chi connectivity index (χ4n) is 2.96. The third-order valence-electron chi connectivity index (χ3n) is 3.96. The van der Waals surface area contributed by atoms with Gasteiger partial charge in [-0.25, -0.2) is 4.98 Å². The summed E-state index contributed by atoms with van der Waals surface area (Å²) in [5.41, 5.74) is 4.30. The lowest BCUT2D eigenvalue weighted by molar-refractivity contribution is 0.343. The van der Waals surface area contributed by atoms with Gasteiger partial charge in [-0.05, 0) is 62.8 Å². The quantitative estimate of drug-likeness (QED) is 0.518. The molecule has 2 aromatic rings. The Morgan fingerprint density at radius 2 is 1.91 bits per heavy atom. The Morgan fingerprint density at radius 3 is 2.70 bits per heavy atom. The number of nitrogens with one attached hydrogen (secondary N) is 1. The largest absolute Gasteiger partial charge is 0.493 e. The zero-order valence-electron chi connectivity index (χ0n) is 13.6. The minimum Gasteiger partial charge on any atom is -0.493 e. The van der Waals surface area contributed by atoms with Crippen LogP contribution in [0.1, 0.15) is 35.2 Å². The average molecular weight is 330 g/mol. The predicted molar refractivity (Wildman–Crippen MR) is 93.6 cm³/mol. The van der Waals surface area contributed by atoms with Gasteiger partial charge in [-0.3, -0.25) is 4.79 Å². The molecule has 122 valence electrons. The van der Waals surface area contributed by atoms with Crippen molar-refractivity contribution in [1.29, 1.82) is 0 Å². The van der Waals surface area contributed by atoms with Crippen molar-refractivity contribution in [2.24, 2.45) is 0 Å². The number of aromatic nitrogens is 2. The van der Waals surface area contributed by atoms with Crippen LogP contribution in [0.5, 0.6) is 5.75 Å². The van der Waals surface area contributed by atoms with E-state index in [1.807, 2.05) is 12.1 Å². The SMILES string of the molecule is Cc1cc(C)cc(OCCSc2nc3c(c(=O)[nH]2)CCCC3)c1. The number of hydrogen-bond donors (Lipinski definition) is 1. The van der Waals surface area contributed by atoms with Crippen molar-refractivity contribution in [3.8, 4) is 5.75 Å². The van der Waals surface area contributed by atoms with Crippen LogP contribution < -0.4 is 10.3 Å². The van der Waals surface area contributed by atoms with E-state index in [0.29, 0.717) is 11.8 Å². The minimum atomic E-state index is 0.0347. The Hall–Kier alpha value is -1.75. The number of ether oxygens (including phenoxy) is 1. The second kappa shape index (κ2) is 7.21. The fourth-order valence-corrected chi connectivity index (χ4v) is 3.66. The van der Waals surface area contributed by atoms with Crippen LogP contribution >= 0.6 is 11.8 Å². The van der Waals surface area contributed by atoms with Gasteiger partial charge in [-0.1, -0.05) is 17.8 Å². The van der Waals surface area contributed by atoms with Crippen LogP contribution in [0.15, 0.2) is 28.2 Å². The molecule has 1 aromatic carbocycles. The minimum absolute atomic E-state index is 0.0347. The van der Waals surface area contributed by atoms with Crippen molar-refractivity contribution >= 4 is 11.8 Å². The highest BCUT2D eigenvalue weighted by molar-refractivity contribution is 7.99. The highest BCUT2D eigenvalue weighted by Gasteiger charge is 2.15. The third kappa shape index (κ3) is 4.16. The number of fused-ring (bicyclic) bond motifs is 1. The second-order valence-electron chi connectivity index (χ2n) is 6.02. The van der Waals surface area contributed by atoms with Crippen molar-refractivity contribution in [3.05, 3.63) is 50.9 Å². The van der Waals surface area contributed by atoms with Gasteiger partial charge < -0.3 is 9.72 Å². The summed E-state index contributed by atoms with van der Waals surface area (Å²) in [7, 11) is 0. The summed E-state index contributed by atoms with van der Waals surface area (Å²) >= 11 is 1.54. The van der Waals surface area contributed by atoms with Crippen LogP contribution in [0.3, 0.4) is 0 Å². The van der Waals surface area contributed by atoms with Gasteiger partial charge in [0.05, 0.1) is 12.3 Å². The first-order valence-corrected chi connectivity index (χ1v) is 9.06. The molecule has 1 heterocycles. The zero-order chi connectivity index (χ0) is 16.2. The normalized spacial score (nSPS) is 13.7. The van der Waals surface area contributed by atoms with E-state index in [2.05, 4.69) is 29.9 Å². The standard InChI is InChI=1S/C18H22N2O2S/c1-12-9-13(2)11-14(10-12)22-7-8-23-18-19-16-6-4-3-5-15(16)17(21)20-18/h9-11H,3-8H2,1-2H3,(H,19,20,21). The molecule has 0 unspecified atom stereocenters. The Morgan fingerprint density at radius 1 is 1.17 bits per heavy atom. The van der Waals surface area contributed by atoms with Crippen LogP contribution in [-0.4, -0.2) is 22.3 Å². The molecule has 0 atom stereocenters. The maximum absolute atomic E-state index is 12.1. The summed E-state index contributed by atoms with van der Waals surface area (Å²) in [6.07, 6.45) is 4.00. The summed E-state index contributed by atoms with van der Waals surface area (Å²) in [5, 5.41) is 0.708. The Bertz CT molecular complexity index is 735. The third-order valence-corrected chi connectivity index (χ3v) is 4.79. The van der Waals surface area contributed by atoms with Crippen LogP contribution in [-0.2, 0) is 12.8 Å². The maximum atomic E-state index is 12.1. The van der Waals surface area contributed by atoms with Crippen molar-refractivity contribution in [2.45, 2.75) is 44.7 Å². The lowest BCUT2D eigenvalue weighted by Crippen LogP contribution is -2.21. The number of H-pyrrole nitrogens is 1. The molecule has 0 saturated heterocycles. The van der Waals surface area contributed by atoms with Gasteiger partial charge in [-0.15, -0.1) is 0 Å². The molecule has 0 spiro atoms. The van der Waals surface area contributed by atoms with Gasteiger partial charge >= 0.3 is 0 Å². The Labute approximate surface area is 140 Å². The van der Waals surface area contributed by atoms with E-state index >= 15 is 0 Å². The van der Waals surface area contributed by atoms with Gasteiger partial charge in [-0.2, -0.15) is 0 Å². The molecule has 23 heavy (non-hydrogen) atoms. The van der Waals surface area contributed by atoms with Crippen LogP contribution in [0.2, 0.25) is 0 Å². The molecular weight excluding hydrogens is 308 g/mol. The van der Waals surface area contributed by atoms with Crippen molar-refractivity contribution in [1.82, 2.24) is 9.97 Å². The zero-order valence-corrected chi connectivity index (χ0v) is 14.5. The Kier molecular flexibility index (Phi) is 5.06. The molecular formula is C18H22N2O2S. The van der Waals surface area contributed by atoms with Crippen molar-refractivity contribution in [2.75, 3.05) is 12.4 Å². The molecule has 0 aliphatic heterocycles. The monoisotopic (exact) mass is 330 g/mol. The summed E-state index contributed by atoms with van der Waals surface area (Å²) in [6.45, 7) is 4.72. The molecule has 3 rings (SSSR count). The summed E-state index contributed by atoms with van der Waals surface area (Å²) < 4.78 is 5.79.